The number of aliphatic hydroxyl groups is 1. The van der Waals surface area contributed by atoms with Gasteiger partial charge in [0.2, 0.25) is 0 Å². The molecule has 0 aromatic heterocycles. The van der Waals surface area contributed by atoms with E-state index in [1.165, 1.54) is 0 Å². The molecule has 0 saturated carbocycles. The van der Waals surface area contributed by atoms with Crippen LogP contribution in [0.4, 0.5) is 0 Å². The second kappa shape index (κ2) is 30.4. The summed E-state index contributed by atoms with van der Waals surface area (Å²) in [4.78, 5) is 17.8. The Morgan fingerprint density at radius 1 is 1.00 bits per heavy atom. The minimum atomic E-state index is -1.08. The van der Waals surface area contributed by atoms with Crippen molar-refractivity contribution in [2.24, 2.45) is 0 Å². The second-order valence-electron chi connectivity index (χ2n) is 0.983. The van der Waals surface area contributed by atoms with Gasteiger partial charge in [-0.3, -0.25) is 0 Å². The Labute approximate surface area is 101 Å². The van der Waals surface area contributed by atoms with Crippen molar-refractivity contribution >= 4 is 49.7 Å². The fraction of sp³-hybridized carbons (Fsp3) is 0.600. The topological polar surface area (TPSA) is 132 Å². The quantitative estimate of drug-likeness (QED) is 0.404. The van der Waals surface area contributed by atoms with Gasteiger partial charge in [0.15, 0.2) is 0 Å². The van der Waals surface area contributed by atoms with Crippen molar-refractivity contribution in [1.29, 1.82) is 0 Å². The summed E-state index contributed by atoms with van der Waals surface area (Å²) in [6, 6.07) is 0. The Morgan fingerprint density at radius 2 is 1.00 bits per heavy atom. The van der Waals surface area contributed by atoms with Gasteiger partial charge in [0.25, 0.3) is 0 Å². The third-order valence-electron chi connectivity index (χ3n) is 0. The number of rotatable bonds is 0. The molecular weight excluding hydrogens is 196 g/mol. The molecule has 0 atom stereocenters. The average molecular weight is 208 g/mol. The molecule has 70 valence electrons. The third kappa shape index (κ3) is 58700. The van der Waals surface area contributed by atoms with Gasteiger partial charge >= 0.3 is 37.7 Å². The third-order valence-corrected chi connectivity index (χ3v) is 0. The molecule has 0 amide bonds. The summed E-state index contributed by atoms with van der Waals surface area (Å²) >= 11 is 0. The van der Waals surface area contributed by atoms with Crippen LogP contribution in [0.2, 0.25) is 0 Å². The fourth-order valence-corrected chi connectivity index (χ4v) is 0. The van der Waals surface area contributed by atoms with Crippen LogP contribution < -0.4 is 10.2 Å². The maximum Gasteiger partial charge on any atom is 2.00 e. The van der Waals surface area contributed by atoms with Crippen molar-refractivity contribution in [3.05, 3.63) is 0 Å². The SMILES string of the molecule is CC(=O)[O-].CC(=O)[O-].CO.O.[Ca+2]. The van der Waals surface area contributed by atoms with Gasteiger partial charge in [-0.2, -0.15) is 0 Å². The summed E-state index contributed by atoms with van der Waals surface area (Å²) in [7, 11) is 1.00. The molecular formula is C5H12CaO6. The number of hydrogen-bond donors (Lipinski definition) is 1. The van der Waals surface area contributed by atoms with Crippen LogP contribution >= 0.6 is 0 Å². The number of carboxylic acid groups (broad SMARTS) is 2. The van der Waals surface area contributed by atoms with E-state index in [9.17, 15) is 0 Å². The predicted molar refractivity (Wildman–Crippen MR) is 38.9 cm³/mol. The largest absolute Gasteiger partial charge is 2.00 e. The molecule has 0 fully saturated rings. The van der Waals surface area contributed by atoms with Gasteiger partial charge in [-0.05, 0) is 13.8 Å². The number of hydrogen-bond acceptors (Lipinski definition) is 5. The van der Waals surface area contributed by atoms with Crippen LogP contribution in [0.25, 0.3) is 0 Å². The molecule has 6 nitrogen and oxygen atoms in total. The summed E-state index contributed by atoms with van der Waals surface area (Å²) in [6.45, 7) is 1.94. The van der Waals surface area contributed by atoms with E-state index in [-0.39, 0.29) is 43.2 Å². The molecule has 0 rings (SSSR count). The average Bonchev–Trinajstić information content (AvgIpc) is 1.66. The van der Waals surface area contributed by atoms with Gasteiger partial charge < -0.3 is 30.4 Å². The minimum Gasteiger partial charge on any atom is -0.550 e. The standard InChI is InChI=1S/2C2H4O2.CH4O.Ca.H2O/c2*1-2(3)4;1-2;;/h2*1H3,(H,3,4);2H,1H3;;1H2/q;;;+2;/p-2. The van der Waals surface area contributed by atoms with Gasteiger partial charge in [-0.15, -0.1) is 0 Å². The van der Waals surface area contributed by atoms with Crippen LogP contribution in [0, 0.1) is 0 Å². The molecule has 7 heteroatoms. The number of carbonyl (C=O) groups is 2. The minimum absolute atomic E-state index is 0. The molecule has 0 radical (unpaired) electrons. The van der Waals surface area contributed by atoms with Crippen molar-refractivity contribution in [3.63, 3.8) is 0 Å². The number of carboxylic acids is 2. The molecule has 12 heavy (non-hydrogen) atoms. The summed E-state index contributed by atoms with van der Waals surface area (Å²) in [5.74, 6) is -2.17. The Kier molecular flexibility index (Phi) is 74.9. The molecule has 0 aliphatic rings. The predicted octanol–water partition coefficient (Wildman–Crippen LogP) is -4.08. The molecule has 0 spiro atoms. The van der Waals surface area contributed by atoms with E-state index in [2.05, 4.69) is 0 Å². The molecule has 0 saturated heterocycles. The zero-order chi connectivity index (χ0) is 9.15. The van der Waals surface area contributed by atoms with Crippen LogP contribution in [-0.2, 0) is 9.59 Å². The number of aliphatic carboxylic acids is 2. The molecule has 0 unspecified atom stereocenters. The summed E-state index contributed by atoms with van der Waals surface area (Å²) < 4.78 is 0. The van der Waals surface area contributed by atoms with Crippen molar-refractivity contribution in [2.45, 2.75) is 13.8 Å². The van der Waals surface area contributed by atoms with Gasteiger partial charge in [0.1, 0.15) is 0 Å². The number of carbonyl (C=O) groups excluding carboxylic acids is 2. The van der Waals surface area contributed by atoms with Crippen molar-refractivity contribution in [2.75, 3.05) is 7.11 Å². The number of aliphatic hydroxyl groups excluding tert-OH is 1. The summed E-state index contributed by atoms with van der Waals surface area (Å²) in [5.41, 5.74) is 0. The molecule has 0 bridgehead atoms. The maximum absolute atomic E-state index is 8.89. The Morgan fingerprint density at radius 3 is 1.00 bits per heavy atom. The van der Waals surface area contributed by atoms with E-state index in [1.807, 2.05) is 0 Å². The first kappa shape index (κ1) is 29.6. The molecule has 0 aromatic rings. The van der Waals surface area contributed by atoms with Crippen LogP contribution in [0.5, 0.6) is 0 Å². The van der Waals surface area contributed by atoms with Crippen LogP contribution in [0.3, 0.4) is 0 Å². The first-order valence-corrected chi connectivity index (χ1v) is 2.26. The van der Waals surface area contributed by atoms with E-state index < -0.39 is 11.9 Å². The normalized spacial score (nSPS) is 4.67. The Hall–Kier alpha value is 0.120. The van der Waals surface area contributed by atoms with Crippen LogP contribution in [0.1, 0.15) is 13.8 Å². The zero-order valence-electron chi connectivity index (χ0n) is 7.29. The molecule has 0 aliphatic carbocycles. The van der Waals surface area contributed by atoms with E-state index >= 15 is 0 Å². The molecule has 3 N–H and O–H groups in total. The Balaban J connectivity index is -0.0000000198. The van der Waals surface area contributed by atoms with Crippen molar-refractivity contribution in [3.8, 4) is 0 Å². The zero-order valence-corrected chi connectivity index (χ0v) is 9.50. The van der Waals surface area contributed by atoms with Gasteiger partial charge in [-0.1, -0.05) is 0 Å². The van der Waals surface area contributed by atoms with E-state index in [1.54, 1.807) is 0 Å². The molecule has 0 aliphatic heterocycles. The Bertz CT molecular complexity index is 73.9. The van der Waals surface area contributed by atoms with Gasteiger partial charge in [-0.25, -0.2) is 0 Å². The summed E-state index contributed by atoms with van der Waals surface area (Å²) in [5, 5.41) is 24.8. The molecule has 0 heterocycles. The second-order valence-corrected chi connectivity index (χ2v) is 0.983. The monoisotopic (exact) mass is 208 g/mol. The van der Waals surface area contributed by atoms with Crippen molar-refractivity contribution < 1.29 is 30.4 Å². The van der Waals surface area contributed by atoms with Crippen LogP contribution in [0.15, 0.2) is 0 Å². The smallest absolute Gasteiger partial charge is 0.550 e. The first-order valence-electron chi connectivity index (χ1n) is 2.26. The van der Waals surface area contributed by atoms with E-state index in [0.717, 1.165) is 21.0 Å². The van der Waals surface area contributed by atoms with Gasteiger partial charge in [0.05, 0.1) is 0 Å². The van der Waals surface area contributed by atoms with Crippen molar-refractivity contribution in [1.82, 2.24) is 0 Å². The van der Waals surface area contributed by atoms with E-state index in [4.69, 9.17) is 24.9 Å². The maximum atomic E-state index is 8.89. The van der Waals surface area contributed by atoms with Gasteiger partial charge in [0, 0.05) is 19.0 Å². The fourth-order valence-electron chi connectivity index (χ4n) is 0. The molecule has 0 aromatic carbocycles. The van der Waals surface area contributed by atoms with Crippen LogP contribution in [-0.4, -0.2) is 67.4 Å². The summed E-state index contributed by atoms with van der Waals surface area (Å²) in [6.07, 6.45) is 0. The van der Waals surface area contributed by atoms with E-state index in [0.29, 0.717) is 0 Å². The first-order chi connectivity index (χ1) is 4.46.